The average Bonchev–Trinajstić information content (AvgIpc) is 3.39. The van der Waals surface area contributed by atoms with Crippen molar-refractivity contribution in [3.05, 3.63) is 66.1 Å². The van der Waals surface area contributed by atoms with Crippen molar-refractivity contribution < 1.29 is 28.0 Å². The van der Waals surface area contributed by atoms with E-state index in [2.05, 4.69) is 5.16 Å². The zero-order valence-electron chi connectivity index (χ0n) is 16.2. The molecule has 1 aliphatic heterocycles. The molecule has 2 aromatic carbocycles. The smallest absolute Gasteiger partial charge is 0.311 e. The number of nitrogens with zero attached hydrogens (tertiary/aromatic N) is 2. The maximum Gasteiger partial charge on any atom is 0.311 e. The molecule has 0 spiro atoms. The SMILES string of the molecule is COc1ccc(N2CC(C(=O)OCc3cc(-c4ccccc4F)on3)CC2=O)cc1. The first-order valence-corrected chi connectivity index (χ1v) is 9.36. The molecule has 30 heavy (non-hydrogen) atoms. The number of amides is 1. The number of benzene rings is 2. The van der Waals surface area contributed by atoms with Gasteiger partial charge in [-0.05, 0) is 36.4 Å². The fourth-order valence-electron chi connectivity index (χ4n) is 3.31. The third kappa shape index (κ3) is 4.03. The highest BCUT2D eigenvalue weighted by atomic mass is 19.1. The van der Waals surface area contributed by atoms with Gasteiger partial charge in [-0.3, -0.25) is 9.59 Å². The van der Waals surface area contributed by atoms with Crippen molar-refractivity contribution in [2.45, 2.75) is 13.0 Å². The second kappa shape index (κ2) is 8.36. The van der Waals surface area contributed by atoms with Gasteiger partial charge in [0, 0.05) is 24.7 Å². The van der Waals surface area contributed by atoms with Crippen LogP contribution in [0.5, 0.6) is 5.75 Å². The topological polar surface area (TPSA) is 81.9 Å². The third-order valence-corrected chi connectivity index (χ3v) is 4.90. The Balaban J connectivity index is 1.36. The summed E-state index contributed by atoms with van der Waals surface area (Å²) < 4.78 is 29.4. The van der Waals surface area contributed by atoms with Crippen molar-refractivity contribution in [1.82, 2.24) is 5.16 Å². The monoisotopic (exact) mass is 410 g/mol. The lowest BCUT2D eigenvalue weighted by molar-refractivity contribution is -0.149. The molecule has 1 atom stereocenters. The molecule has 1 aromatic heterocycles. The molecule has 1 unspecified atom stereocenters. The lowest BCUT2D eigenvalue weighted by atomic mass is 10.1. The molecule has 3 aromatic rings. The molecule has 1 aliphatic rings. The van der Waals surface area contributed by atoms with Gasteiger partial charge in [0.1, 0.15) is 23.9 Å². The minimum atomic E-state index is -0.572. The molecule has 1 fully saturated rings. The lowest BCUT2D eigenvalue weighted by Gasteiger charge is -2.16. The predicted molar refractivity (Wildman–Crippen MR) is 105 cm³/mol. The minimum Gasteiger partial charge on any atom is -0.497 e. The Hall–Kier alpha value is -3.68. The largest absolute Gasteiger partial charge is 0.497 e. The van der Waals surface area contributed by atoms with Crippen LogP contribution in [0.25, 0.3) is 11.3 Å². The molecule has 0 saturated carbocycles. The van der Waals surface area contributed by atoms with Crippen molar-refractivity contribution in [3.63, 3.8) is 0 Å². The van der Waals surface area contributed by atoms with Gasteiger partial charge in [0.15, 0.2) is 5.76 Å². The first-order chi connectivity index (χ1) is 14.5. The summed E-state index contributed by atoms with van der Waals surface area (Å²) in [4.78, 5) is 26.3. The molecule has 2 heterocycles. The van der Waals surface area contributed by atoms with Gasteiger partial charge < -0.3 is 18.9 Å². The minimum absolute atomic E-state index is 0.0736. The molecule has 0 aliphatic carbocycles. The van der Waals surface area contributed by atoms with Crippen LogP contribution in [0.4, 0.5) is 10.1 Å². The highest BCUT2D eigenvalue weighted by Gasteiger charge is 2.36. The highest BCUT2D eigenvalue weighted by Crippen LogP contribution is 2.28. The van der Waals surface area contributed by atoms with E-state index in [1.54, 1.807) is 54.5 Å². The van der Waals surface area contributed by atoms with Crippen LogP contribution in [0, 0.1) is 11.7 Å². The second-order valence-corrected chi connectivity index (χ2v) is 6.87. The first-order valence-electron chi connectivity index (χ1n) is 9.36. The fourth-order valence-corrected chi connectivity index (χ4v) is 3.31. The molecule has 1 amide bonds. The van der Waals surface area contributed by atoms with Crippen molar-refractivity contribution in [3.8, 4) is 17.1 Å². The van der Waals surface area contributed by atoms with E-state index in [1.165, 1.54) is 12.1 Å². The van der Waals surface area contributed by atoms with Crippen LogP contribution < -0.4 is 9.64 Å². The van der Waals surface area contributed by atoms with E-state index < -0.39 is 17.7 Å². The Morgan fingerprint density at radius 2 is 2.00 bits per heavy atom. The summed E-state index contributed by atoms with van der Waals surface area (Å²) in [6.07, 6.45) is 0.0736. The van der Waals surface area contributed by atoms with Gasteiger partial charge in [-0.15, -0.1) is 0 Å². The van der Waals surface area contributed by atoms with Crippen LogP contribution in [-0.4, -0.2) is 30.7 Å². The Morgan fingerprint density at radius 3 is 2.73 bits per heavy atom. The van der Waals surface area contributed by atoms with Crippen LogP contribution in [0.3, 0.4) is 0 Å². The van der Waals surface area contributed by atoms with Gasteiger partial charge in [-0.2, -0.15) is 0 Å². The van der Waals surface area contributed by atoms with E-state index in [0.717, 1.165) is 0 Å². The van der Waals surface area contributed by atoms with Crippen molar-refractivity contribution in [2.75, 3.05) is 18.6 Å². The molecule has 7 nitrogen and oxygen atoms in total. The number of aromatic nitrogens is 1. The van der Waals surface area contributed by atoms with E-state index in [9.17, 15) is 14.0 Å². The van der Waals surface area contributed by atoms with Gasteiger partial charge in [-0.1, -0.05) is 17.3 Å². The first kappa shape index (κ1) is 19.6. The van der Waals surface area contributed by atoms with Crippen LogP contribution in [0.2, 0.25) is 0 Å². The summed E-state index contributed by atoms with van der Waals surface area (Å²) in [5, 5.41) is 3.82. The summed E-state index contributed by atoms with van der Waals surface area (Å²) in [6.45, 7) is 0.118. The van der Waals surface area contributed by atoms with Crippen molar-refractivity contribution in [1.29, 1.82) is 0 Å². The molecule has 8 heteroatoms. The van der Waals surface area contributed by atoms with E-state index in [1.807, 2.05) is 0 Å². The Labute approximate surface area is 172 Å². The van der Waals surface area contributed by atoms with Crippen molar-refractivity contribution >= 4 is 17.6 Å². The Bertz CT molecular complexity index is 1060. The summed E-state index contributed by atoms with van der Waals surface area (Å²) in [5.41, 5.74) is 1.33. The third-order valence-electron chi connectivity index (χ3n) is 4.90. The number of hydrogen-bond acceptors (Lipinski definition) is 6. The number of halogens is 1. The van der Waals surface area contributed by atoms with Gasteiger partial charge >= 0.3 is 5.97 Å². The number of hydrogen-bond donors (Lipinski definition) is 0. The predicted octanol–water partition coefficient (Wildman–Crippen LogP) is 3.59. The fraction of sp³-hybridized carbons (Fsp3) is 0.227. The number of ether oxygens (including phenoxy) is 2. The second-order valence-electron chi connectivity index (χ2n) is 6.87. The molecule has 0 radical (unpaired) electrons. The number of carbonyl (C=O) groups excluding carboxylic acids is 2. The number of esters is 1. The van der Waals surface area contributed by atoms with Gasteiger partial charge in [0.2, 0.25) is 5.91 Å². The number of methoxy groups -OCH3 is 1. The van der Waals surface area contributed by atoms with Gasteiger partial charge in [0.25, 0.3) is 0 Å². The van der Waals surface area contributed by atoms with E-state index in [-0.39, 0.29) is 36.8 Å². The normalized spacial score (nSPS) is 16.0. The standard InChI is InChI=1S/C22H19FN2O5/c1-28-17-8-6-16(7-9-17)25-12-14(10-21(25)26)22(27)29-13-15-11-20(30-24-15)18-4-2-3-5-19(18)23/h2-9,11,14H,10,12-13H2,1H3. The molecule has 1 saturated heterocycles. The van der Waals surface area contributed by atoms with Gasteiger partial charge in [-0.25, -0.2) is 4.39 Å². The maximum absolute atomic E-state index is 13.8. The average molecular weight is 410 g/mol. The zero-order valence-corrected chi connectivity index (χ0v) is 16.2. The Morgan fingerprint density at radius 1 is 1.23 bits per heavy atom. The Kier molecular flexibility index (Phi) is 5.47. The van der Waals surface area contributed by atoms with E-state index >= 15 is 0 Å². The molecule has 4 rings (SSSR count). The van der Waals surface area contributed by atoms with Crippen LogP contribution >= 0.6 is 0 Å². The molecular weight excluding hydrogens is 391 g/mol. The summed E-state index contributed by atoms with van der Waals surface area (Å²) in [6, 6.07) is 14.7. The molecule has 0 bridgehead atoms. The molecule has 154 valence electrons. The van der Waals surface area contributed by atoms with Crippen LogP contribution in [0.1, 0.15) is 12.1 Å². The highest BCUT2D eigenvalue weighted by molar-refractivity contribution is 5.99. The summed E-state index contributed by atoms with van der Waals surface area (Å²) in [5.74, 6) is -0.706. The zero-order chi connectivity index (χ0) is 21.1. The summed E-state index contributed by atoms with van der Waals surface area (Å²) in [7, 11) is 1.57. The summed E-state index contributed by atoms with van der Waals surface area (Å²) >= 11 is 0. The van der Waals surface area contributed by atoms with Crippen LogP contribution in [-0.2, 0) is 20.9 Å². The van der Waals surface area contributed by atoms with E-state index in [0.29, 0.717) is 17.1 Å². The lowest BCUT2D eigenvalue weighted by Crippen LogP contribution is -2.26. The quantitative estimate of drug-likeness (QED) is 0.578. The van der Waals surface area contributed by atoms with Crippen LogP contribution in [0.15, 0.2) is 59.1 Å². The number of rotatable bonds is 6. The molecular formula is C22H19FN2O5. The van der Waals surface area contributed by atoms with E-state index in [4.69, 9.17) is 14.0 Å². The maximum atomic E-state index is 13.8. The number of carbonyl (C=O) groups is 2. The molecule has 0 N–H and O–H groups in total. The van der Waals surface area contributed by atoms with Crippen molar-refractivity contribution in [2.24, 2.45) is 5.92 Å². The van der Waals surface area contributed by atoms with Gasteiger partial charge in [0.05, 0.1) is 18.6 Å². The number of anilines is 1.